The highest BCUT2D eigenvalue weighted by atomic mass is 16.7. The minimum absolute atomic E-state index is 0.174. The van der Waals surface area contributed by atoms with Crippen molar-refractivity contribution in [3.63, 3.8) is 0 Å². The average molecular weight is 1160 g/mol. The lowest BCUT2D eigenvalue weighted by atomic mass is 10.0. The number of carboxylic acid groups (broad SMARTS) is 1. The first-order chi connectivity index (χ1) is 40.1. The highest BCUT2D eigenvalue weighted by molar-refractivity contribution is 5.71. The van der Waals surface area contributed by atoms with Gasteiger partial charge < -0.3 is 28.5 Å². The SMILES string of the molecule is CCCCCCC/C=C\C/C=C\CCCCCCCCCCCCCCCCCCCCCCCCCC(=O)OC(COC(=O)CCCCCCCCCCCCCCCCCCCCCCCC)COC(OCC[N+](C)(C)C)C(=O)O. The second kappa shape index (κ2) is 64.8. The van der Waals surface area contributed by atoms with Crippen molar-refractivity contribution in [2.75, 3.05) is 47.5 Å². The van der Waals surface area contributed by atoms with Crippen molar-refractivity contribution in [2.45, 2.75) is 379 Å². The Labute approximate surface area is 509 Å². The lowest BCUT2D eigenvalue weighted by Crippen LogP contribution is -2.40. The van der Waals surface area contributed by atoms with Crippen molar-refractivity contribution in [3.8, 4) is 0 Å². The fourth-order valence-electron chi connectivity index (χ4n) is 10.9. The zero-order chi connectivity index (χ0) is 59.8. The molecule has 0 heterocycles. The number of ether oxygens (including phenoxy) is 4. The molecule has 0 spiro atoms. The molecule has 0 aromatic heterocycles. The normalized spacial score (nSPS) is 12.7. The first kappa shape index (κ1) is 79.8. The van der Waals surface area contributed by atoms with E-state index in [1.54, 1.807) is 0 Å². The molecule has 0 saturated heterocycles. The predicted molar refractivity (Wildman–Crippen MR) is 351 cm³/mol. The maximum Gasteiger partial charge on any atom is 0.361 e. The molecule has 9 heteroatoms. The van der Waals surface area contributed by atoms with Gasteiger partial charge in [0.2, 0.25) is 0 Å². The van der Waals surface area contributed by atoms with Gasteiger partial charge in [0.1, 0.15) is 13.2 Å². The summed E-state index contributed by atoms with van der Waals surface area (Å²) in [4.78, 5) is 37.6. The highest BCUT2D eigenvalue weighted by Gasteiger charge is 2.25. The molecule has 0 aromatic carbocycles. The monoisotopic (exact) mass is 1160 g/mol. The van der Waals surface area contributed by atoms with Crippen molar-refractivity contribution in [1.82, 2.24) is 0 Å². The largest absolute Gasteiger partial charge is 0.477 e. The number of quaternary nitrogens is 1. The number of allylic oxidation sites excluding steroid dienone is 4. The van der Waals surface area contributed by atoms with Crippen LogP contribution in [-0.4, -0.2) is 87.4 Å². The number of carboxylic acids is 1. The Balaban J connectivity index is 4.00. The number of hydrogen-bond acceptors (Lipinski definition) is 7. The van der Waals surface area contributed by atoms with E-state index in [1.807, 2.05) is 21.1 Å². The topological polar surface area (TPSA) is 108 Å². The van der Waals surface area contributed by atoms with E-state index in [1.165, 1.54) is 295 Å². The first-order valence-corrected chi connectivity index (χ1v) is 36.0. The molecular weight excluding hydrogens is 1020 g/mol. The van der Waals surface area contributed by atoms with Crippen LogP contribution in [0.2, 0.25) is 0 Å². The Morgan fingerprint density at radius 3 is 0.963 bits per heavy atom. The van der Waals surface area contributed by atoms with Gasteiger partial charge in [0.25, 0.3) is 6.29 Å². The minimum atomic E-state index is -1.51. The molecule has 0 rings (SSSR count). The molecular formula is C73H140NO8+. The van der Waals surface area contributed by atoms with Crippen LogP contribution in [0.1, 0.15) is 367 Å². The van der Waals surface area contributed by atoms with Gasteiger partial charge in [-0.25, -0.2) is 4.79 Å². The van der Waals surface area contributed by atoms with E-state index in [0.717, 1.165) is 44.9 Å². The van der Waals surface area contributed by atoms with Crippen LogP contribution in [-0.2, 0) is 33.3 Å². The lowest BCUT2D eigenvalue weighted by molar-refractivity contribution is -0.870. The molecule has 0 aliphatic heterocycles. The van der Waals surface area contributed by atoms with E-state index in [4.69, 9.17) is 18.9 Å². The number of likely N-dealkylation sites (N-methyl/N-ethyl adjacent to an activating group) is 1. The summed E-state index contributed by atoms with van der Waals surface area (Å²) in [5.41, 5.74) is 0. The van der Waals surface area contributed by atoms with Crippen molar-refractivity contribution in [3.05, 3.63) is 24.3 Å². The van der Waals surface area contributed by atoms with E-state index >= 15 is 0 Å². The maximum absolute atomic E-state index is 12.9. The highest BCUT2D eigenvalue weighted by Crippen LogP contribution is 2.19. The van der Waals surface area contributed by atoms with Crippen LogP contribution in [0.25, 0.3) is 0 Å². The summed E-state index contributed by atoms with van der Waals surface area (Å²) < 4.78 is 23.0. The summed E-state index contributed by atoms with van der Waals surface area (Å²) in [5, 5.41) is 9.74. The molecule has 9 nitrogen and oxygen atoms in total. The minimum Gasteiger partial charge on any atom is -0.477 e. The Hall–Kier alpha value is -2.23. The molecule has 0 saturated carbocycles. The van der Waals surface area contributed by atoms with Crippen LogP contribution >= 0.6 is 0 Å². The Bertz CT molecular complexity index is 1390. The van der Waals surface area contributed by atoms with Crippen molar-refractivity contribution in [1.29, 1.82) is 0 Å². The maximum atomic E-state index is 12.9. The van der Waals surface area contributed by atoms with Gasteiger partial charge in [-0.05, 0) is 44.9 Å². The molecule has 82 heavy (non-hydrogen) atoms. The fourth-order valence-corrected chi connectivity index (χ4v) is 10.9. The van der Waals surface area contributed by atoms with E-state index in [-0.39, 0.29) is 38.2 Å². The molecule has 2 atom stereocenters. The number of hydrogen-bond donors (Lipinski definition) is 1. The van der Waals surface area contributed by atoms with Gasteiger partial charge in [-0.1, -0.05) is 334 Å². The van der Waals surface area contributed by atoms with Gasteiger partial charge in [0.05, 0.1) is 34.4 Å². The summed E-state index contributed by atoms with van der Waals surface area (Å²) in [7, 11) is 5.99. The second-order valence-electron chi connectivity index (χ2n) is 25.9. The molecule has 1 N–H and O–H groups in total. The third kappa shape index (κ3) is 65.3. The zero-order valence-electron chi connectivity index (χ0n) is 55.4. The van der Waals surface area contributed by atoms with E-state index in [9.17, 15) is 19.5 Å². The molecule has 0 aliphatic carbocycles. The number of carbonyl (C=O) groups is 3. The van der Waals surface area contributed by atoms with Crippen molar-refractivity contribution >= 4 is 17.9 Å². The molecule has 0 fully saturated rings. The third-order valence-electron chi connectivity index (χ3n) is 16.5. The van der Waals surface area contributed by atoms with Crippen molar-refractivity contribution < 1.29 is 42.9 Å². The predicted octanol–water partition coefficient (Wildman–Crippen LogP) is 22.2. The molecule has 0 amide bonds. The quantitative estimate of drug-likeness (QED) is 0.0211. The molecule has 0 bridgehead atoms. The average Bonchev–Trinajstić information content (AvgIpc) is 3.45. The van der Waals surface area contributed by atoms with E-state index in [2.05, 4.69) is 38.2 Å². The Morgan fingerprint density at radius 2 is 0.659 bits per heavy atom. The zero-order valence-corrected chi connectivity index (χ0v) is 55.4. The molecule has 0 radical (unpaired) electrons. The van der Waals surface area contributed by atoms with Gasteiger partial charge in [0.15, 0.2) is 6.10 Å². The number of esters is 2. The Kier molecular flexibility index (Phi) is 63.0. The van der Waals surface area contributed by atoms with Crippen LogP contribution in [0.15, 0.2) is 24.3 Å². The summed E-state index contributed by atoms with van der Waals surface area (Å²) in [6, 6.07) is 0. The standard InChI is InChI=1S/C73H139NO8/c1-6-8-10-12-14-16-18-20-22-24-26-28-30-31-32-33-34-35-36-37-38-39-40-41-42-44-46-48-50-52-54-56-58-60-62-64-71(76)82-69(68-81-73(72(77)78)79-66-65-74(3,4)5)67-80-70(75)63-61-59-57-55-53-51-49-47-45-43-29-27-25-23-21-19-17-15-13-11-9-7-2/h18,20,24,26,69,73H,6-17,19,21-23,25,27-68H2,1-5H3/p+1/b20-18-,26-24-. The number of aliphatic carboxylic acids is 1. The fraction of sp³-hybridized carbons (Fsp3) is 0.904. The number of rotatable bonds is 68. The molecule has 0 aliphatic rings. The van der Waals surface area contributed by atoms with Crippen LogP contribution in [0, 0.1) is 0 Å². The number of nitrogens with zero attached hydrogens (tertiary/aromatic N) is 1. The van der Waals surface area contributed by atoms with Crippen LogP contribution in [0.3, 0.4) is 0 Å². The summed E-state index contributed by atoms with van der Waals surface area (Å²) in [5.74, 6) is -1.97. The van der Waals surface area contributed by atoms with Crippen LogP contribution < -0.4 is 0 Å². The molecule has 2 unspecified atom stereocenters. The summed E-state index contributed by atoms with van der Waals surface area (Å²) >= 11 is 0. The summed E-state index contributed by atoms with van der Waals surface area (Å²) in [6.07, 6.45) is 77.3. The summed E-state index contributed by atoms with van der Waals surface area (Å²) in [6.45, 7) is 4.95. The van der Waals surface area contributed by atoms with Crippen molar-refractivity contribution in [2.24, 2.45) is 0 Å². The third-order valence-corrected chi connectivity index (χ3v) is 16.5. The van der Waals surface area contributed by atoms with Gasteiger partial charge in [-0.3, -0.25) is 9.59 Å². The molecule has 484 valence electrons. The van der Waals surface area contributed by atoms with E-state index < -0.39 is 18.4 Å². The second-order valence-corrected chi connectivity index (χ2v) is 25.9. The number of carbonyl (C=O) groups excluding carboxylic acids is 2. The lowest BCUT2D eigenvalue weighted by Gasteiger charge is -2.25. The van der Waals surface area contributed by atoms with Gasteiger partial charge in [0, 0.05) is 12.8 Å². The first-order valence-electron chi connectivity index (χ1n) is 36.0. The number of unbranched alkanes of at least 4 members (excludes halogenated alkanes) is 49. The van der Waals surface area contributed by atoms with Gasteiger partial charge in [-0.2, -0.15) is 0 Å². The van der Waals surface area contributed by atoms with Crippen LogP contribution in [0.5, 0.6) is 0 Å². The molecule has 0 aromatic rings. The Morgan fingerprint density at radius 1 is 0.366 bits per heavy atom. The van der Waals surface area contributed by atoms with Gasteiger partial charge in [-0.15, -0.1) is 0 Å². The smallest absolute Gasteiger partial charge is 0.361 e. The van der Waals surface area contributed by atoms with Gasteiger partial charge >= 0.3 is 17.9 Å². The van der Waals surface area contributed by atoms with Crippen LogP contribution in [0.4, 0.5) is 0 Å². The van der Waals surface area contributed by atoms with E-state index in [0.29, 0.717) is 17.4 Å².